The maximum atomic E-state index is 12.6. The average Bonchev–Trinajstić information content (AvgIpc) is 3.34. The van der Waals surface area contributed by atoms with Gasteiger partial charge in [-0.3, -0.25) is 9.69 Å². The summed E-state index contributed by atoms with van der Waals surface area (Å²) in [7, 11) is 1.63. The topological polar surface area (TPSA) is 62.6 Å². The largest absolute Gasteiger partial charge is 0.494 e. The molecule has 174 valence electrons. The van der Waals surface area contributed by atoms with Crippen LogP contribution in [0.15, 0.2) is 54.7 Å². The Hall–Kier alpha value is -3.16. The maximum Gasteiger partial charge on any atom is 0.272 e. The minimum Gasteiger partial charge on any atom is -0.494 e. The van der Waals surface area contributed by atoms with Crippen molar-refractivity contribution in [2.45, 2.75) is 26.9 Å². The Bertz CT molecular complexity index is 1070. The molecular weight excluding hydrogens is 414 g/mol. The summed E-state index contributed by atoms with van der Waals surface area (Å²) in [6.07, 6.45) is 1.78. The van der Waals surface area contributed by atoms with E-state index >= 15 is 0 Å². The molecule has 0 radical (unpaired) electrons. The normalized spacial score (nSPS) is 14.9. The Balaban J connectivity index is 1.31. The van der Waals surface area contributed by atoms with Gasteiger partial charge in [0, 0.05) is 45.5 Å². The molecule has 1 aliphatic rings. The summed E-state index contributed by atoms with van der Waals surface area (Å²) >= 11 is 0. The molecule has 2 heterocycles. The monoisotopic (exact) mass is 447 g/mol. The summed E-state index contributed by atoms with van der Waals surface area (Å²) in [4.78, 5) is 17.6. The molecule has 1 aromatic heterocycles. The number of aryl methyl sites for hydroxylation is 1. The first kappa shape index (κ1) is 23.0. The van der Waals surface area contributed by atoms with Crippen LogP contribution in [0.3, 0.4) is 0 Å². The van der Waals surface area contributed by atoms with Crippen LogP contribution in [0.2, 0.25) is 0 Å². The predicted molar refractivity (Wildman–Crippen MR) is 130 cm³/mol. The Kier molecular flexibility index (Phi) is 7.42. The summed E-state index contributed by atoms with van der Waals surface area (Å²) in [5, 5.41) is 7.42. The molecule has 4 rings (SSSR count). The fraction of sp³-hybridized carbons (Fsp3) is 0.385. The number of carbonyl (C=O) groups excluding carboxylic acids is 1. The molecular formula is C26H33N5O2. The van der Waals surface area contributed by atoms with Gasteiger partial charge in [-0.05, 0) is 48.4 Å². The van der Waals surface area contributed by atoms with E-state index in [2.05, 4.69) is 51.4 Å². The van der Waals surface area contributed by atoms with E-state index < -0.39 is 0 Å². The molecule has 7 heteroatoms. The van der Waals surface area contributed by atoms with E-state index in [1.54, 1.807) is 24.1 Å². The van der Waals surface area contributed by atoms with E-state index in [-0.39, 0.29) is 5.91 Å². The molecule has 33 heavy (non-hydrogen) atoms. The van der Waals surface area contributed by atoms with Crippen molar-refractivity contribution in [2.24, 2.45) is 0 Å². The zero-order chi connectivity index (χ0) is 23.2. The molecule has 0 atom stereocenters. The third-order valence-electron chi connectivity index (χ3n) is 6.20. The quantitative estimate of drug-likeness (QED) is 0.574. The van der Waals surface area contributed by atoms with Crippen LogP contribution < -0.4 is 10.1 Å². The number of likely N-dealkylation sites (N-methyl/N-ethyl adjacent to an activating group) is 1. The number of benzene rings is 2. The number of methoxy groups -OCH3 is 1. The van der Waals surface area contributed by atoms with Crippen LogP contribution in [0.5, 0.6) is 5.75 Å². The molecule has 7 nitrogen and oxygen atoms in total. The number of rotatable bonds is 8. The van der Waals surface area contributed by atoms with Crippen molar-refractivity contribution in [1.82, 2.24) is 24.9 Å². The van der Waals surface area contributed by atoms with Gasteiger partial charge in [-0.25, -0.2) is 4.68 Å². The lowest BCUT2D eigenvalue weighted by Gasteiger charge is -2.34. The van der Waals surface area contributed by atoms with E-state index in [1.165, 1.54) is 5.56 Å². The second-order valence-corrected chi connectivity index (χ2v) is 8.53. The van der Waals surface area contributed by atoms with Gasteiger partial charge in [0.2, 0.25) is 0 Å². The fourth-order valence-corrected chi connectivity index (χ4v) is 4.12. The first-order chi connectivity index (χ1) is 16.1. The summed E-state index contributed by atoms with van der Waals surface area (Å²) in [5.41, 5.74) is 4.66. The van der Waals surface area contributed by atoms with Crippen molar-refractivity contribution < 1.29 is 9.53 Å². The summed E-state index contributed by atoms with van der Waals surface area (Å²) in [5.74, 6) is 0.515. The van der Waals surface area contributed by atoms with Gasteiger partial charge in [0.15, 0.2) is 5.69 Å². The van der Waals surface area contributed by atoms with E-state index in [9.17, 15) is 4.79 Å². The third-order valence-corrected chi connectivity index (χ3v) is 6.20. The molecule has 0 unspecified atom stereocenters. The molecule has 1 aliphatic heterocycles. The van der Waals surface area contributed by atoms with Crippen molar-refractivity contribution in [3.05, 3.63) is 77.1 Å². The molecule has 1 fully saturated rings. The van der Waals surface area contributed by atoms with Crippen molar-refractivity contribution in [3.63, 3.8) is 0 Å². The SMILES string of the molecule is CCN1CCN(Cc2ccc(CNC(=O)c3ccn(-c4cc(C)ccc4OC)n3)cc2)CC1. The Morgan fingerprint density at radius 2 is 1.70 bits per heavy atom. The molecule has 2 aromatic carbocycles. The van der Waals surface area contributed by atoms with Crippen LogP contribution in [0.1, 0.15) is 34.1 Å². The van der Waals surface area contributed by atoms with E-state index in [0.29, 0.717) is 18.0 Å². The second-order valence-electron chi connectivity index (χ2n) is 8.53. The molecule has 0 spiro atoms. The van der Waals surface area contributed by atoms with Crippen LogP contribution in [-0.2, 0) is 13.1 Å². The Morgan fingerprint density at radius 3 is 2.39 bits per heavy atom. The smallest absolute Gasteiger partial charge is 0.272 e. The van der Waals surface area contributed by atoms with Gasteiger partial charge in [0.25, 0.3) is 5.91 Å². The molecule has 3 aromatic rings. The van der Waals surface area contributed by atoms with Gasteiger partial charge in [-0.15, -0.1) is 0 Å². The second kappa shape index (κ2) is 10.6. The Labute approximate surface area is 196 Å². The number of hydrogen-bond donors (Lipinski definition) is 1. The molecule has 1 amide bonds. The standard InChI is InChI=1S/C26H33N5O2/c1-4-29-13-15-30(16-14-29)19-22-8-6-21(7-9-22)18-27-26(32)23-11-12-31(28-23)24-17-20(2)5-10-25(24)33-3/h5-12,17H,4,13-16,18-19H2,1-3H3,(H,27,32). The summed E-state index contributed by atoms with van der Waals surface area (Å²) in [6, 6.07) is 16.1. The number of piperazine rings is 1. The number of ether oxygens (including phenoxy) is 1. The highest BCUT2D eigenvalue weighted by molar-refractivity contribution is 5.92. The van der Waals surface area contributed by atoms with Crippen molar-refractivity contribution in [1.29, 1.82) is 0 Å². The van der Waals surface area contributed by atoms with E-state index in [4.69, 9.17) is 4.74 Å². The molecule has 0 saturated carbocycles. The third kappa shape index (κ3) is 5.80. The lowest BCUT2D eigenvalue weighted by atomic mass is 10.1. The predicted octanol–water partition coefficient (Wildman–Crippen LogP) is 3.26. The van der Waals surface area contributed by atoms with Crippen LogP contribution in [0, 0.1) is 6.92 Å². The van der Waals surface area contributed by atoms with Crippen molar-refractivity contribution >= 4 is 5.91 Å². The first-order valence-electron chi connectivity index (χ1n) is 11.6. The maximum absolute atomic E-state index is 12.6. The minimum absolute atomic E-state index is 0.196. The zero-order valence-corrected chi connectivity index (χ0v) is 19.8. The van der Waals surface area contributed by atoms with Gasteiger partial charge in [-0.1, -0.05) is 37.3 Å². The summed E-state index contributed by atoms with van der Waals surface area (Å²) in [6.45, 7) is 11.3. The number of carbonyl (C=O) groups is 1. The molecule has 1 N–H and O–H groups in total. The van der Waals surface area contributed by atoms with Gasteiger partial charge in [0.05, 0.1) is 7.11 Å². The zero-order valence-electron chi connectivity index (χ0n) is 19.8. The minimum atomic E-state index is -0.196. The van der Waals surface area contributed by atoms with Crippen LogP contribution in [0.4, 0.5) is 0 Å². The lowest BCUT2D eigenvalue weighted by Crippen LogP contribution is -2.45. The van der Waals surface area contributed by atoms with Crippen LogP contribution in [0.25, 0.3) is 5.69 Å². The van der Waals surface area contributed by atoms with Crippen molar-refractivity contribution in [2.75, 3.05) is 39.8 Å². The number of nitrogens with zero attached hydrogens (tertiary/aromatic N) is 4. The van der Waals surface area contributed by atoms with Gasteiger partial charge in [0.1, 0.15) is 11.4 Å². The van der Waals surface area contributed by atoms with Crippen LogP contribution >= 0.6 is 0 Å². The highest BCUT2D eigenvalue weighted by Crippen LogP contribution is 2.23. The highest BCUT2D eigenvalue weighted by Gasteiger charge is 2.16. The number of hydrogen-bond acceptors (Lipinski definition) is 5. The molecule has 0 aliphatic carbocycles. The van der Waals surface area contributed by atoms with Gasteiger partial charge < -0.3 is 15.0 Å². The van der Waals surface area contributed by atoms with Crippen LogP contribution in [-0.4, -0.2) is 65.3 Å². The highest BCUT2D eigenvalue weighted by atomic mass is 16.5. The fourth-order valence-electron chi connectivity index (χ4n) is 4.12. The Morgan fingerprint density at radius 1 is 1.00 bits per heavy atom. The van der Waals surface area contributed by atoms with Crippen molar-refractivity contribution in [3.8, 4) is 11.4 Å². The van der Waals surface area contributed by atoms with Gasteiger partial charge >= 0.3 is 0 Å². The first-order valence-corrected chi connectivity index (χ1v) is 11.6. The lowest BCUT2D eigenvalue weighted by molar-refractivity contribution is 0.0945. The summed E-state index contributed by atoms with van der Waals surface area (Å²) < 4.78 is 7.11. The van der Waals surface area contributed by atoms with E-state index in [0.717, 1.165) is 56.1 Å². The number of amides is 1. The van der Waals surface area contributed by atoms with E-state index in [1.807, 2.05) is 25.1 Å². The molecule has 0 bridgehead atoms. The molecule has 1 saturated heterocycles. The number of nitrogens with one attached hydrogen (secondary N) is 1. The van der Waals surface area contributed by atoms with Gasteiger partial charge in [-0.2, -0.15) is 5.10 Å². The number of aromatic nitrogens is 2. The average molecular weight is 448 g/mol.